The minimum Gasteiger partial charge on any atom is -0.457 e. The molecule has 0 saturated carbocycles. The Kier molecular flexibility index (Phi) is 12.1. The van der Waals surface area contributed by atoms with Gasteiger partial charge in [-0.3, -0.25) is 4.79 Å². The Morgan fingerprint density at radius 1 is 0.647 bits per heavy atom. The zero-order valence-electron chi connectivity index (χ0n) is 37.0. The number of carbonyl (C=O) groups excluding carboxylic acids is 1. The fourth-order valence-corrected chi connectivity index (χ4v) is 9.87. The molecule has 18 heteroatoms. The summed E-state index contributed by atoms with van der Waals surface area (Å²) in [5.41, 5.74) is 18.1. The standard InChI is InChI=1S/C50H48N12O5S/c1-2-68(64,65)60-28-24-37(25-29-60)62-50-44(48(52)54-32-56-50)46(58-62)35-16-20-40(21-17-35)67-41-12-6-8-33(30-41)9-7-13-42(63)59-26-22-36(23-27-59)61-49-43(47(51)53-31-55-49)45(57-61)34-14-18-39(19-15-34)66-38-10-4-3-5-11-38/h2-8,10-21,30-32,36-37H,1,9,22-29H2,(H2,51,53,55)(H2,52,54,56)/b13-7+. The number of para-hydroxylation sites is 1. The van der Waals surface area contributed by atoms with E-state index in [1.807, 2.05) is 123 Å². The van der Waals surface area contributed by atoms with Crippen molar-refractivity contribution in [2.75, 3.05) is 37.6 Å². The molecule has 0 atom stereocenters. The first kappa shape index (κ1) is 43.9. The summed E-state index contributed by atoms with van der Waals surface area (Å²) in [5.74, 6) is 3.38. The number of nitrogens with two attached hydrogens (primary N) is 2. The molecule has 2 aliphatic heterocycles. The van der Waals surface area contributed by atoms with E-state index in [0.29, 0.717) is 121 Å². The molecule has 4 N–H and O–H groups in total. The van der Waals surface area contributed by atoms with Crippen LogP contribution in [0.1, 0.15) is 43.3 Å². The maximum absolute atomic E-state index is 13.4. The van der Waals surface area contributed by atoms with E-state index >= 15 is 0 Å². The summed E-state index contributed by atoms with van der Waals surface area (Å²) in [6, 6.07) is 32.6. The van der Waals surface area contributed by atoms with E-state index in [1.165, 1.54) is 17.0 Å². The second-order valence-electron chi connectivity index (χ2n) is 16.7. The van der Waals surface area contributed by atoms with Gasteiger partial charge in [-0.1, -0.05) is 43.0 Å². The van der Waals surface area contributed by atoms with Crippen molar-refractivity contribution in [1.29, 1.82) is 0 Å². The Morgan fingerprint density at radius 3 is 1.69 bits per heavy atom. The molecule has 4 aromatic heterocycles. The highest BCUT2D eigenvalue weighted by atomic mass is 32.2. The monoisotopic (exact) mass is 928 g/mol. The van der Waals surface area contributed by atoms with Crippen molar-refractivity contribution in [3.8, 4) is 45.5 Å². The number of rotatable bonds is 13. The normalized spacial score (nSPS) is 15.3. The third-order valence-electron chi connectivity index (χ3n) is 12.5. The van der Waals surface area contributed by atoms with Crippen LogP contribution in [-0.2, 0) is 21.2 Å². The number of hydrogen-bond donors (Lipinski definition) is 2. The Morgan fingerprint density at radius 2 is 1.15 bits per heavy atom. The lowest BCUT2D eigenvalue weighted by molar-refractivity contribution is -0.127. The number of nitrogen functional groups attached to an aromatic ring is 2. The van der Waals surface area contributed by atoms with Gasteiger partial charge >= 0.3 is 0 Å². The highest BCUT2D eigenvalue weighted by molar-refractivity contribution is 7.92. The van der Waals surface area contributed by atoms with Gasteiger partial charge in [0.25, 0.3) is 0 Å². The van der Waals surface area contributed by atoms with Gasteiger partial charge in [-0.15, -0.1) is 0 Å². The molecule has 0 unspecified atom stereocenters. The molecule has 68 heavy (non-hydrogen) atoms. The minimum absolute atomic E-state index is 0.0211. The van der Waals surface area contributed by atoms with Crippen LogP contribution in [-0.4, -0.2) is 89.2 Å². The molecule has 0 spiro atoms. The van der Waals surface area contributed by atoms with Crippen LogP contribution in [0.5, 0.6) is 23.0 Å². The van der Waals surface area contributed by atoms with E-state index in [-0.39, 0.29) is 18.0 Å². The largest absolute Gasteiger partial charge is 0.457 e. The van der Waals surface area contributed by atoms with Crippen molar-refractivity contribution >= 4 is 49.6 Å². The molecule has 6 heterocycles. The molecule has 1 amide bonds. The summed E-state index contributed by atoms with van der Waals surface area (Å²) in [6.45, 7) is 5.30. The number of piperidine rings is 2. The molecule has 344 valence electrons. The number of nitrogens with zero attached hydrogens (tertiary/aromatic N) is 10. The molecule has 2 fully saturated rings. The molecule has 17 nitrogen and oxygen atoms in total. The van der Waals surface area contributed by atoms with Crippen LogP contribution < -0.4 is 20.9 Å². The van der Waals surface area contributed by atoms with Gasteiger partial charge in [0.2, 0.25) is 15.9 Å². The summed E-state index contributed by atoms with van der Waals surface area (Å²) < 4.78 is 42.2. The average Bonchev–Trinajstić information content (AvgIpc) is 3.96. The Bertz CT molecular complexity index is 3270. The van der Waals surface area contributed by atoms with E-state index in [1.54, 1.807) is 6.08 Å². The number of hydrogen-bond acceptors (Lipinski definition) is 13. The molecule has 0 bridgehead atoms. The average molecular weight is 929 g/mol. The van der Waals surface area contributed by atoms with Gasteiger partial charge in [0.1, 0.15) is 58.7 Å². The topological polar surface area (TPSA) is 215 Å². The van der Waals surface area contributed by atoms with Gasteiger partial charge in [-0.05, 0) is 117 Å². The van der Waals surface area contributed by atoms with Gasteiger partial charge in [0.15, 0.2) is 11.3 Å². The van der Waals surface area contributed by atoms with E-state index < -0.39 is 10.0 Å². The number of aromatic nitrogens is 8. The van der Waals surface area contributed by atoms with Crippen molar-refractivity contribution in [1.82, 2.24) is 48.7 Å². The molecule has 4 aromatic carbocycles. The Hall–Kier alpha value is -7.96. The van der Waals surface area contributed by atoms with Crippen LogP contribution in [0, 0.1) is 0 Å². The molecular formula is C50H48N12O5S. The first-order valence-electron chi connectivity index (χ1n) is 22.4. The fourth-order valence-electron chi connectivity index (χ4n) is 8.94. The number of ether oxygens (including phenoxy) is 2. The highest BCUT2D eigenvalue weighted by Crippen LogP contribution is 2.37. The molecular weight excluding hydrogens is 881 g/mol. The van der Waals surface area contributed by atoms with Crippen molar-refractivity contribution in [3.63, 3.8) is 0 Å². The third kappa shape index (κ3) is 8.98. The van der Waals surface area contributed by atoms with E-state index in [2.05, 4.69) is 26.5 Å². The maximum atomic E-state index is 13.4. The first-order chi connectivity index (χ1) is 33.1. The Labute approximate surface area is 392 Å². The summed E-state index contributed by atoms with van der Waals surface area (Å²) in [7, 11) is -3.49. The SMILES string of the molecule is C=CS(=O)(=O)N1CCC(n2nc(-c3ccc(Oc4cccc(C/C=C/C(=O)N5CCC(n6nc(-c7ccc(Oc8ccccc8)cc7)c7c(N)ncnc76)CC5)c4)cc3)c3c(N)ncnc32)CC1. The second kappa shape index (κ2) is 18.7. The van der Waals surface area contributed by atoms with Gasteiger partial charge in [0, 0.05) is 42.7 Å². The van der Waals surface area contributed by atoms with Gasteiger partial charge in [0.05, 0.1) is 22.9 Å². The lowest BCUT2D eigenvalue weighted by Gasteiger charge is -2.31. The number of amides is 1. The third-order valence-corrected chi connectivity index (χ3v) is 14.0. The summed E-state index contributed by atoms with van der Waals surface area (Å²) in [4.78, 5) is 32.9. The van der Waals surface area contributed by atoms with Gasteiger partial charge in [-0.2, -0.15) is 14.5 Å². The molecule has 2 aliphatic rings. The van der Waals surface area contributed by atoms with Crippen LogP contribution in [0.2, 0.25) is 0 Å². The number of allylic oxidation sites excluding steroid dienone is 1. The number of carbonyl (C=O) groups is 1. The van der Waals surface area contributed by atoms with E-state index in [4.69, 9.17) is 31.1 Å². The fraction of sp³-hybridized carbons (Fsp3) is 0.220. The van der Waals surface area contributed by atoms with Crippen molar-refractivity contribution in [3.05, 3.63) is 145 Å². The van der Waals surface area contributed by atoms with Gasteiger partial charge < -0.3 is 25.8 Å². The molecule has 0 radical (unpaired) electrons. The number of sulfonamides is 1. The van der Waals surface area contributed by atoms with Gasteiger partial charge in [-0.25, -0.2) is 37.7 Å². The van der Waals surface area contributed by atoms with Crippen LogP contribution in [0.4, 0.5) is 11.6 Å². The zero-order chi connectivity index (χ0) is 46.8. The van der Waals surface area contributed by atoms with Crippen molar-refractivity contribution < 1.29 is 22.7 Å². The zero-order valence-corrected chi connectivity index (χ0v) is 37.8. The minimum atomic E-state index is -3.49. The molecule has 0 aliphatic carbocycles. The van der Waals surface area contributed by atoms with Crippen LogP contribution in [0.15, 0.2) is 140 Å². The van der Waals surface area contributed by atoms with E-state index in [0.717, 1.165) is 27.8 Å². The Balaban J connectivity index is 0.752. The lowest BCUT2D eigenvalue weighted by atomic mass is 10.0. The summed E-state index contributed by atoms with van der Waals surface area (Å²) in [5, 5.41) is 12.3. The molecule has 10 rings (SSSR count). The van der Waals surface area contributed by atoms with Crippen molar-refractivity contribution in [2.24, 2.45) is 0 Å². The van der Waals surface area contributed by atoms with Crippen LogP contribution in [0.3, 0.4) is 0 Å². The smallest absolute Gasteiger partial charge is 0.246 e. The summed E-state index contributed by atoms with van der Waals surface area (Å²) in [6.07, 6.45) is 9.50. The van der Waals surface area contributed by atoms with E-state index in [9.17, 15) is 13.2 Å². The number of fused-ring (bicyclic) bond motifs is 2. The second-order valence-corrected chi connectivity index (χ2v) is 18.6. The van der Waals surface area contributed by atoms with Crippen LogP contribution in [0.25, 0.3) is 44.6 Å². The van der Waals surface area contributed by atoms with Crippen LogP contribution >= 0.6 is 0 Å². The number of benzene rings is 4. The first-order valence-corrected chi connectivity index (χ1v) is 23.9. The quantitative estimate of drug-likeness (QED) is 0.105. The maximum Gasteiger partial charge on any atom is 0.246 e. The molecule has 8 aromatic rings. The summed E-state index contributed by atoms with van der Waals surface area (Å²) >= 11 is 0. The molecule has 2 saturated heterocycles. The predicted molar refractivity (Wildman–Crippen MR) is 260 cm³/mol. The lowest BCUT2D eigenvalue weighted by Crippen LogP contribution is -2.38. The van der Waals surface area contributed by atoms with Crippen molar-refractivity contribution in [2.45, 2.75) is 44.2 Å². The highest BCUT2D eigenvalue weighted by Gasteiger charge is 2.31. The predicted octanol–water partition coefficient (Wildman–Crippen LogP) is 8.12. The number of anilines is 2. The number of likely N-dealkylation sites (tertiary alicyclic amines) is 1.